The molecule has 1 atom stereocenters. The lowest BCUT2D eigenvalue weighted by Crippen LogP contribution is -2.40. The second-order valence-corrected chi connectivity index (χ2v) is 13.6. The molecule has 1 amide bonds. The fourth-order valence-corrected chi connectivity index (χ4v) is 7.53. The number of aromatic nitrogens is 1. The molecule has 0 saturated heterocycles. The van der Waals surface area contributed by atoms with Crippen LogP contribution in [0.1, 0.15) is 40.8 Å². The smallest absolute Gasteiger partial charge is 0.271 e. The molecule has 0 unspecified atom stereocenters. The van der Waals surface area contributed by atoms with E-state index in [1.54, 1.807) is 18.8 Å². The van der Waals surface area contributed by atoms with E-state index in [4.69, 9.17) is 19.2 Å². The number of hydrogen-bond acceptors (Lipinski definition) is 7. The van der Waals surface area contributed by atoms with Crippen LogP contribution < -0.4 is 34.4 Å². The molecule has 0 bridgehead atoms. The van der Waals surface area contributed by atoms with Crippen molar-refractivity contribution in [1.82, 2.24) is 4.57 Å². The topological polar surface area (TPSA) is 91.2 Å². The summed E-state index contributed by atoms with van der Waals surface area (Å²) in [6.45, 7) is 6.17. The Kier molecular flexibility index (Phi) is 9.83. The molecule has 0 fully saturated rings. The van der Waals surface area contributed by atoms with Crippen molar-refractivity contribution in [2.24, 2.45) is 4.99 Å². The SMILES string of the molecule is COc1ccc([C@H]2C(C(=O)Nc3ccc(C)cc3C)=C(C)N=c3s/c(=C/c4cc(I)c(OCc5ccccc5)c(OC)c4)c(=O)n32)cc1. The van der Waals surface area contributed by atoms with Gasteiger partial charge in [0.2, 0.25) is 0 Å². The normalized spacial score (nSPS) is 14.3. The first-order valence-electron chi connectivity index (χ1n) is 15.3. The van der Waals surface area contributed by atoms with Gasteiger partial charge in [-0.1, -0.05) is 71.5 Å². The van der Waals surface area contributed by atoms with Crippen LogP contribution in [0, 0.1) is 17.4 Å². The molecule has 1 aliphatic heterocycles. The summed E-state index contributed by atoms with van der Waals surface area (Å²) >= 11 is 3.51. The maximum atomic E-state index is 14.3. The zero-order chi connectivity index (χ0) is 33.9. The Hall–Kier alpha value is -4.68. The molecule has 10 heteroatoms. The largest absolute Gasteiger partial charge is 0.497 e. The standard InChI is InChI=1S/C38H34IN3O5S/c1-22-11-16-30(23(2)17-22)41-36(43)33-24(3)40-38-42(34(33)27-12-14-28(45-4)15-13-27)37(44)32(48-38)20-26-18-29(39)35(31(19-26)46-5)47-21-25-9-7-6-8-10-25/h6-20,34H,21H2,1-5H3,(H,41,43)/b32-20+/t34-/m0/s1. The maximum Gasteiger partial charge on any atom is 0.271 e. The van der Waals surface area contributed by atoms with Crippen molar-refractivity contribution >= 4 is 51.6 Å². The molecule has 5 aromatic rings. The van der Waals surface area contributed by atoms with Gasteiger partial charge in [-0.3, -0.25) is 14.2 Å². The zero-order valence-electron chi connectivity index (χ0n) is 27.2. The third-order valence-electron chi connectivity index (χ3n) is 8.10. The van der Waals surface area contributed by atoms with E-state index in [1.807, 2.05) is 112 Å². The van der Waals surface area contributed by atoms with Gasteiger partial charge in [-0.2, -0.15) is 0 Å². The highest BCUT2D eigenvalue weighted by Gasteiger charge is 2.32. The molecule has 48 heavy (non-hydrogen) atoms. The molecule has 0 spiro atoms. The number of amides is 1. The van der Waals surface area contributed by atoms with Crippen LogP contribution in [0.4, 0.5) is 5.69 Å². The van der Waals surface area contributed by atoms with Crippen molar-refractivity contribution in [2.45, 2.75) is 33.4 Å². The van der Waals surface area contributed by atoms with E-state index in [1.165, 1.54) is 11.3 Å². The van der Waals surface area contributed by atoms with Crippen LogP contribution in [-0.4, -0.2) is 24.7 Å². The molecule has 0 saturated carbocycles. The van der Waals surface area contributed by atoms with Crippen molar-refractivity contribution in [1.29, 1.82) is 0 Å². The number of allylic oxidation sites excluding steroid dienone is 1. The second kappa shape index (κ2) is 14.2. The van der Waals surface area contributed by atoms with Gasteiger partial charge in [-0.25, -0.2) is 4.99 Å². The van der Waals surface area contributed by atoms with Gasteiger partial charge >= 0.3 is 0 Å². The Bertz CT molecular complexity index is 2220. The molecule has 6 rings (SSSR count). The van der Waals surface area contributed by atoms with Crippen LogP contribution in [-0.2, 0) is 11.4 Å². The van der Waals surface area contributed by atoms with Crippen LogP contribution >= 0.6 is 33.9 Å². The van der Waals surface area contributed by atoms with Crippen molar-refractivity contribution < 1.29 is 19.0 Å². The van der Waals surface area contributed by atoms with Crippen LogP contribution in [0.15, 0.2) is 106 Å². The second-order valence-electron chi connectivity index (χ2n) is 11.4. The summed E-state index contributed by atoms with van der Waals surface area (Å²) in [6, 6.07) is 26.3. The first-order chi connectivity index (χ1) is 23.2. The zero-order valence-corrected chi connectivity index (χ0v) is 30.1. The van der Waals surface area contributed by atoms with Gasteiger partial charge in [0.15, 0.2) is 16.3 Å². The molecule has 0 aliphatic carbocycles. The molecule has 0 radical (unpaired) electrons. The maximum absolute atomic E-state index is 14.3. The van der Waals surface area contributed by atoms with Crippen LogP contribution in [0.3, 0.4) is 0 Å². The number of halogens is 1. The lowest BCUT2D eigenvalue weighted by atomic mass is 9.95. The summed E-state index contributed by atoms with van der Waals surface area (Å²) in [5.74, 6) is 1.56. The number of anilines is 1. The summed E-state index contributed by atoms with van der Waals surface area (Å²) in [4.78, 5) is 33.6. The number of ether oxygens (including phenoxy) is 3. The predicted octanol–water partition coefficient (Wildman–Crippen LogP) is 6.69. The van der Waals surface area contributed by atoms with Gasteiger partial charge in [-0.15, -0.1) is 0 Å². The molecular formula is C38H34IN3O5S. The molecular weight excluding hydrogens is 737 g/mol. The summed E-state index contributed by atoms with van der Waals surface area (Å²) in [6.07, 6.45) is 1.83. The number of nitrogens with one attached hydrogen (secondary N) is 1. The number of hydrogen-bond donors (Lipinski definition) is 1. The third-order valence-corrected chi connectivity index (χ3v) is 9.89. The van der Waals surface area contributed by atoms with Crippen molar-refractivity contribution in [3.05, 3.63) is 147 Å². The summed E-state index contributed by atoms with van der Waals surface area (Å²) < 4.78 is 20.2. The van der Waals surface area contributed by atoms with Crippen molar-refractivity contribution in [3.8, 4) is 17.2 Å². The van der Waals surface area contributed by atoms with E-state index in [9.17, 15) is 9.59 Å². The van der Waals surface area contributed by atoms with E-state index < -0.39 is 6.04 Å². The molecule has 244 valence electrons. The van der Waals surface area contributed by atoms with Gasteiger partial charge < -0.3 is 19.5 Å². The number of aryl methyl sites for hydroxylation is 2. The Morgan fingerprint density at radius 1 is 0.979 bits per heavy atom. The van der Waals surface area contributed by atoms with Crippen LogP contribution in [0.2, 0.25) is 0 Å². The first-order valence-corrected chi connectivity index (χ1v) is 17.2. The highest BCUT2D eigenvalue weighted by atomic mass is 127. The van der Waals surface area contributed by atoms with Gasteiger partial charge in [0, 0.05) is 5.69 Å². The quantitative estimate of drug-likeness (QED) is 0.169. The van der Waals surface area contributed by atoms with Crippen molar-refractivity contribution in [2.75, 3.05) is 19.5 Å². The highest BCUT2D eigenvalue weighted by Crippen LogP contribution is 2.35. The molecule has 1 aromatic heterocycles. The summed E-state index contributed by atoms with van der Waals surface area (Å²) in [7, 11) is 3.20. The number of benzene rings is 4. The monoisotopic (exact) mass is 771 g/mol. The number of nitrogens with zero attached hydrogens (tertiary/aromatic N) is 2. The van der Waals surface area contributed by atoms with Crippen molar-refractivity contribution in [3.63, 3.8) is 0 Å². The lowest BCUT2D eigenvalue weighted by molar-refractivity contribution is -0.113. The fraction of sp³-hybridized carbons (Fsp3) is 0.184. The first kappa shape index (κ1) is 33.2. The number of fused-ring (bicyclic) bond motifs is 1. The van der Waals surface area contributed by atoms with E-state index >= 15 is 0 Å². The highest BCUT2D eigenvalue weighted by molar-refractivity contribution is 14.1. The number of rotatable bonds is 9. The number of methoxy groups -OCH3 is 2. The van der Waals surface area contributed by atoms with E-state index in [2.05, 4.69) is 27.9 Å². The average Bonchev–Trinajstić information content (AvgIpc) is 3.38. The Labute approximate surface area is 296 Å². The van der Waals surface area contributed by atoms with E-state index in [0.717, 1.165) is 31.4 Å². The Morgan fingerprint density at radius 3 is 2.42 bits per heavy atom. The predicted molar refractivity (Wildman–Crippen MR) is 198 cm³/mol. The third kappa shape index (κ3) is 6.81. The van der Waals surface area contributed by atoms with E-state index in [-0.39, 0.29) is 11.5 Å². The molecule has 4 aromatic carbocycles. The minimum absolute atomic E-state index is 0.248. The van der Waals surface area contributed by atoms with Gasteiger partial charge in [-0.05, 0) is 102 Å². The minimum atomic E-state index is -0.705. The van der Waals surface area contributed by atoms with Crippen LogP contribution in [0.5, 0.6) is 17.2 Å². The molecule has 1 aliphatic rings. The summed E-state index contributed by atoms with van der Waals surface area (Å²) in [5.41, 5.74) is 6.03. The molecule has 1 N–H and O–H groups in total. The Morgan fingerprint density at radius 2 is 1.73 bits per heavy atom. The number of thiazole rings is 1. The minimum Gasteiger partial charge on any atom is -0.497 e. The average molecular weight is 772 g/mol. The number of carbonyl (C=O) groups is 1. The van der Waals surface area contributed by atoms with Crippen LogP contribution in [0.25, 0.3) is 6.08 Å². The van der Waals surface area contributed by atoms with E-state index in [0.29, 0.717) is 50.1 Å². The fourth-order valence-electron chi connectivity index (χ4n) is 5.70. The molecule has 2 heterocycles. The molecule has 8 nitrogen and oxygen atoms in total. The Balaban J connectivity index is 1.41. The van der Waals surface area contributed by atoms with Gasteiger partial charge in [0.05, 0.1) is 39.6 Å². The lowest BCUT2D eigenvalue weighted by Gasteiger charge is -2.25. The number of carbonyl (C=O) groups excluding carboxylic acids is 1. The summed E-state index contributed by atoms with van der Waals surface area (Å²) in [5, 5.41) is 3.07. The van der Waals surface area contributed by atoms with Gasteiger partial charge in [0.25, 0.3) is 11.5 Å². The van der Waals surface area contributed by atoms with Gasteiger partial charge in [0.1, 0.15) is 12.4 Å².